The average Bonchev–Trinajstić information content (AvgIpc) is 2.82. The van der Waals surface area contributed by atoms with Gasteiger partial charge in [-0.1, -0.05) is 0 Å². The Morgan fingerprint density at radius 1 is 1.43 bits per heavy atom. The molecule has 1 amide bonds. The summed E-state index contributed by atoms with van der Waals surface area (Å²) in [6, 6.07) is 6.44. The number of hydrogen-bond acceptors (Lipinski definition) is 3. The number of hydrogen-bond donors (Lipinski definition) is 1. The quantitative estimate of drug-likeness (QED) is 0.901. The van der Waals surface area contributed by atoms with E-state index >= 15 is 0 Å². The molecule has 1 fully saturated rings. The molecule has 21 heavy (non-hydrogen) atoms. The maximum absolute atomic E-state index is 13.0. The molecule has 0 bridgehead atoms. The Morgan fingerprint density at radius 3 is 2.62 bits per heavy atom. The largest absolute Gasteiger partial charge is 0.330 e. The molecular formula is C16H24FN3O. The van der Waals surface area contributed by atoms with Crippen molar-refractivity contribution in [3.8, 4) is 0 Å². The lowest BCUT2D eigenvalue weighted by atomic mass is 10.1. The number of nitrogens with zero attached hydrogens (tertiary/aromatic N) is 2. The molecule has 4 nitrogen and oxygen atoms in total. The van der Waals surface area contributed by atoms with Crippen LogP contribution >= 0.6 is 0 Å². The van der Waals surface area contributed by atoms with Crippen LogP contribution in [-0.2, 0) is 4.79 Å². The van der Waals surface area contributed by atoms with E-state index in [1.165, 1.54) is 12.1 Å². The molecule has 2 rings (SSSR count). The predicted molar refractivity (Wildman–Crippen MR) is 82.6 cm³/mol. The van der Waals surface area contributed by atoms with E-state index in [2.05, 4.69) is 11.8 Å². The van der Waals surface area contributed by atoms with E-state index in [9.17, 15) is 9.18 Å². The number of rotatable bonds is 5. The molecule has 2 N–H and O–H groups in total. The lowest BCUT2D eigenvalue weighted by Crippen LogP contribution is -2.42. The van der Waals surface area contributed by atoms with Crippen LogP contribution in [0.1, 0.15) is 20.3 Å². The molecule has 0 aromatic heterocycles. The number of halogens is 1. The van der Waals surface area contributed by atoms with Crippen molar-refractivity contribution >= 4 is 11.6 Å². The van der Waals surface area contributed by atoms with Crippen molar-refractivity contribution in [1.29, 1.82) is 0 Å². The molecule has 1 heterocycles. The molecule has 0 radical (unpaired) electrons. The average molecular weight is 293 g/mol. The Balaban J connectivity index is 2.02. The third kappa shape index (κ3) is 3.80. The molecular weight excluding hydrogens is 269 g/mol. The molecule has 0 aliphatic carbocycles. The summed E-state index contributed by atoms with van der Waals surface area (Å²) in [7, 11) is 0. The number of benzene rings is 1. The van der Waals surface area contributed by atoms with Crippen LogP contribution in [0.25, 0.3) is 0 Å². The van der Waals surface area contributed by atoms with Crippen molar-refractivity contribution in [2.45, 2.75) is 26.3 Å². The van der Waals surface area contributed by atoms with Gasteiger partial charge in [0.2, 0.25) is 5.91 Å². The van der Waals surface area contributed by atoms with Gasteiger partial charge in [-0.15, -0.1) is 0 Å². The lowest BCUT2D eigenvalue weighted by molar-refractivity contribution is -0.119. The third-order valence-electron chi connectivity index (χ3n) is 4.22. The maximum atomic E-state index is 13.0. The number of likely N-dealkylation sites (tertiary alicyclic amines) is 1. The highest BCUT2D eigenvalue weighted by atomic mass is 19.1. The monoisotopic (exact) mass is 293 g/mol. The first-order valence-corrected chi connectivity index (χ1v) is 7.55. The molecule has 2 unspecified atom stereocenters. The van der Waals surface area contributed by atoms with E-state index in [0.29, 0.717) is 31.6 Å². The van der Waals surface area contributed by atoms with Crippen molar-refractivity contribution in [2.75, 3.05) is 31.1 Å². The van der Waals surface area contributed by atoms with Gasteiger partial charge in [0.1, 0.15) is 5.82 Å². The minimum absolute atomic E-state index is 0.0497. The summed E-state index contributed by atoms with van der Waals surface area (Å²) in [5.41, 5.74) is 6.46. The minimum Gasteiger partial charge on any atom is -0.330 e. The summed E-state index contributed by atoms with van der Waals surface area (Å²) < 4.78 is 13.0. The Labute approximate surface area is 125 Å². The van der Waals surface area contributed by atoms with Crippen LogP contribution < -0.4 is 10.6 Å². The zero-order valence-corrected chi connectivity index (χ0v) is 12.8. The maximum Gasteiger partial charge on any atom is 0.241 e. The second-order valence-corrected chi connectivity index (χ2v) is 5.73. The zero-order valence-electron chi connectivity index (χ0n) is 12.8. The van der Waals surface area contributed by atoms with Crippen molar-refractivity contribution in [3.63, 3.8) is 0 Å². The summed E-state index contributed by atoms with van der Waals surface area (Å²) >= 11 is 0. The highest BCUT2D eigenvalue weighted by Gasteiger charge is 2.30. The molecule has 5 heteroatoms. The van der Waals surface area contributed by atoms with Crippen molar-refractivity contribution in [1.82, 2.24) is 4.90 Å². The van der Waals surface area contributed by atoms with Gasteiger partial charge in [-0.25, -0.2) is 4.39 Å². The van der Waals surface area contributed by atoms with Gasteiger partial charge in [0.25, 0.3) is 0 Å². The van der Waals surface area contributed by atoms with E-state index < -0.39 is 0 Å². The predicted octanol–water partition coefficient (Wildman–Crippen LogP) is 1.85. The van der Waals surface area contributed by atoms with Crippen molar-refractivity contribution in [2.24, 2.45) is 11.7 Å². The Kier molecular flexibility index (Phi) is 5.31. The van der Waals surface area contributed by atoms with Gasteiger partial charge in [0.15, 0.2) is 0 Å². The lowest BCUT2D eigenvalue weighted by Gasteiger charge is -2.26. The molecule has 0 spiro atoms. The number of nitrogens with two attached hydrogens (primary N) is 1. The standard InChI is InChI=1S/C16H24FN3O/c1-3-20(15-6-4-14(17)5-7-15)16(21)11-19-10-13(9-18)8-12(19)2/h4-7,12-13H,3,8-11,18H2,1-2H3. The molecule has 116 valence electrons. The second-order valence-electron chi connectivity index (χ2n) is 5.73. The van der Waals surface area contributed by atoms with Crippen LogP contribution in [0.2, 0.25) is 0 Å². The third-order valence-corrected chi connectivity index (χ3v) is 4.22. The van der Waals surface area contributed by atoms with Crippen LogP contribution in [0.15, 0.2) is 24.3 Å². The van der Waals surface area contributed by atoms with Gasteiger partial charge in [0.05, 0.1) is 6.54 Å². The van der Waals surface area contributed by atoms with Crippen LogP contribution in [0, 0.1) is 11.7 Å². The Hall–Kier alpha value is -1.46. The summed E-state index contributed by atoms with van der Waals surface area (Å²) in [6.07, 6.45) is 1.05. The van der Waals surface area contributed by atoms with Crippen molar-refractivity contribution in [3.05, 3.63) is 30.1 Å². The molecule has 0 saturated carbocycles. The Morgan fingerprint density at radius 2 is 2.10 bits per heavy atom. The Bertz CT molecular complexity index is 477. The van der Waals surface area contributed by atoms with Gasteiger partial charge in [-0.2, -0.15) is 0 Å². The van der Waals surface area contributed by atoms with E-state index in [4.69, 9.17) is 5.73 Å². The van der Waals surface area contributed by atoms with Crippen LogP contribution in [0.3, 0.4) is 0 Å². The molecule has 2 atom stereocenters. The summed E-state index contributed by atoms with van der Waals surface area (Å²) in [6.45, 7) is 6.58. The SMILES string of the molecule is CCN(C(=O)CN1CC(CN)CC1C)c1ccc(F)cc1. The summed E-state index contributed by atoms with van der Waals surface area (Å²) in [5, 5.41) is 0. The van der Waals surface area contributed by atoms with Gasteiger partial charge < -0.3 is 10.6 Å². The van der Waals surface area contributed by atoms with Crippen LogP contribution in [0.4, 0.5) is 10.1 Å². The number of anilines is 1. The molecule has 1 aliphatic heterocycles. The van der Waals surface area contributed by atoms with E-state index in [-0.39, 0.29) is 11.7 Å². The topological polar surface area (TPSA) is 49.6 Å². The van der Waals surface area contributed by atoms with E-state index in [0.717, 1.165) is 18.7 Å². The van der Waals surface area contributed by atoms with Gasteiger partial charge >= 0.3 is 0 Å². The van der Waals surface area contributed by atoms with E-state index in [1.807, 2.05) is 6.92 Å². The normalized spacial score (nSPS) is 22.5. The second kappa shape index (κ2) is 7.00. The van der Waals surface area contributed by atoms with E-state index in [1.54, 1.807) is 17.0 Å². The smallest absolute Gasteiger partial charge is 0.241 e. The van der Waals surface area contributed by atoms with Crippen molar-refractivity contribution < 1.29 is 9.18 Å². The molecule has 1 saturated heterocycles. The zero-order chi connectivity index (χ0) is 15.4. The summed E-state index contributed by atoms with van der Waals surface area (Å²) in [5.74, 6) is 0.239. The fraction of sp³-hybridized carbons (Fsp3) is 0.562. The van der Waals surface area contributed by atoms with Crippen LogP contribution in [0.5, 0.6) is 0 Å². The van der Waals surface area contributed by atoms with Crippen LogP contribution in [-0.4, -0.2) is 43.0 Å². The van der Waals surface area contributed by atoms with Gasteiger partial charge in [-0.3, -0.25) is 9.69 Å². The number of likely N-dealkylation sites (N-methyl/N-ethyl adjacent to an activating group) is 1. The highest BCUT2D eigenvalue weighted by Crippen LogP contribution is 2.22. The fourth-order valence-electron chi connectivity index (χ4n) is 2.99. The first kappa shape index (κ1) is 15.9. The molecule has 1 aliphatic rings. The highest BCUT2D eigenvalue weighted by molar-refractivity contribution is 5.94. The fourth-order valence-corrected chi connectivity index (χ4v) is 2.99. The summed E-state index contributed by atoms with van der Waals surface area (Å²) in [4.78, 5) is 16.4. The first-order chi connectivity index (χ1) is 10.0. The van der Waals surface area contributed by atoms with Gasteiger partial charge in [-0.05, 0) is 57.0 Å². The molecule has 1 aromatic rings. The van der Waals surface area contributed by atoms with Gasteiger partial charge in [0, 0.05) is 24.8 Å². The molecule has 1 aromatic carbocycles. The number of carbonyl (C=O) groups excluding carboxylic acids is 1. The number of carbonyl (C=O) groups is 1. The first-order valence-electron chi connectivity index (χ1n) is 7.55. The minimum atomic E-state index is -0.291. The number of amides is 1.